The molecular weight excluding hydrogens is 435 g/mol. The average Bonchev–Trinajstić information content (AvgIpc) is 2.58. The molecule has 1 aliphatic rings. The number of hydrogen-bond acceptors (Lipinski definition) is 4. The van der Waals surface area contributed by atoms with Gasteiger partial charge >= 0.3 is 0 Å². The molecule has 1 saturated heterocycles. The molecule has 1 amide bonds. The van der Waals surface area contributed by atoms with E-state index in [-0.39, 0.29) is 36.7 Å². The van der Waals surface area contributed by atoms with Gasteiger partial charge in [-0.05, 0) is 37.5 Å². The molecule has 4 N–H and O–H groups in total. The smallest absolute Gasteiger partial charge is 0.255 e. The third kappa shape index (κ3) is 7.47. The number of aliphatic imine (C=N–C) groups is 1. The minimum absolute atomic E-state index is 0. The highest BCUT2D eigenvalue weighted by molar-refractivity contribution is 14.0. The number of rotatable bonds is 6. The third-order valence-electron chi connectivity index (χ3n) is 3.79. The number of benzene rings is 1. The van der Waals surface area contributed by atoms with E-state index in [4.69, 9.17) is 10.5 Å². The predicted molar refractivity (Wildman–Crippen MR) is 108 cm³/mol. The van der Waals surface area contributed by atoms with E-state index in [0.29, 0.717) is 12.3 Å². The Morgan fingerprint density at radius 1 is 1.44 bits per heavy atom. The van der Waals surface area contributed by atoms with Crippen molar-refractivity contribution in [2.45, 2.75) is 32.4 Å². The fraction of sp³-hybridized carbons (Fsp3) is 0.529. The summed E-state index contributed by atoms with van der Waals surface area (Å²) >= 11 is 0. The Balaban J connectivity index is 0.00000312. The molecule has 0 saturated carbocycles. The van der Waals surface area contributed by atoms with E-state index >= 15 is 0 Å². The number of halogens is 1. The third-order valence-corrected chi connectivity index (χ3v) is 3.79. The zero-order valence-electron chi connectivity index (χ0n) is 14.5. The van der Waals surface area contributed by atoms with Gasteiger partial charge < -0.3 is 25.8 Å². The van der Waals surface area contributed by atoms with Crippen LogP contribution in [0.15, 0.2) is 29.3 Å². The number of likely N-dealkylation sites (tertiary alicyclic amines) is 1. The van der Waals surface area contributed by atoms with Crippen LogP contribution < -0.4 is 15.8 Å². The highest BCUT2D eigenvalue weighted by Crippen LogP contribution is 2.15. The fourth-order valence-corrected chi connectivity index (χ4v) is 2.56. The molecule has 1 fully saturated rings. The van der Waals surface area contributed by atoms with Gasteiger partial charge in [0, 0.05) is 19.6 Å². The van der Waals surface area contributed by atoms with Gasteiger partial charge in [0.2, 0.25) is 0 Å². The molecule has 1 aliphatic heterocycles. The van der Waals surface area contributed by atoms with Crippen LogP contribution in [-0.2, 0) is 11.3 Å². The second kappa shape index (κ2) is 11.1. The molecule has 0 aromatic heterocycles. The normalized spacial score (nSPS) is 15.4. The molecule has 1 aromatic carbocycles. The minimum Gasteiger partial charge on any atom is -0.484 e. The second-order valence-corrected chi connectivity index (χ2v) is 5.79. The van der Waals surface area contributed by atoms with E-state index in [1.165, 1.54) is 0 Å². The molecule has 0 atom stereocenters. The number of aliphatic hydroxyl groups excluding tert-OH is 1. The number of piperidine rings is 1. The number of primary amides is 1. The molecule has 0 spiro atoms. The molecule has 2 rings (SSSR count). The van der Waals surface area contributed by atoms with Crippen LogP contribution in [0, 0.1) is 0 Å². The van der Waals surface area contributed by atoms with Gasteiger partial charge in [-0.15, -0.1) is 24.0 Å². The van der Waals surface area contributed by atoms with Crippen molar-refractivity contribution in [3.8, 4) is 5.75 Å². The Morgan fingerprint density at radius 3 is 2.80 bits per heavy atom. The van der Waals surface area contributed by atoms with Gasteiger partial charge in [-0.25, -0.2) is 4.99 Å². The number of nitrogens with two attached hydrogens (primary N) is 1. The van der Waals surface area contributed by atoms with Crippen molar-refractivity contribution in [3.05, 3.63) is 29.8 Å². The van der Waals surface area contributed by atoms with Crippen molar-refractivity contribution in [3.63, 3.8) is 0 Å². The van der Waals surface area contributed by atoms with Crippen LogP contribution in [0.2, 0.25) is 0 Å². The Labute approximate surface area is 165 Å². The van der Waals surface area contributed by atoms with Gasteiger partial charge in [0.15, 0.2) is 12.6 Å². The zero-order chi connectivity index (χ0) is 17.4. The monoisotopic (exact) mass is 462 g/mol. The molecular formula is C17H27IN4O3. The van der Waals surface area contributed by atoms with Gasteiger partial charge in [-0.2, -0.15) is 0 Å². The van der Waals surface area contributed by atoms with Crippen LogP contribution in [0.5, 0.6) is 5.75 Å². The summed E-state index contributed by atoms with van der Waals surface area (Å²) in [5, 5.41) is 12.9. The van der Waals surface area contributed by atoms with Gasteiger partial charge in [-0.3, -0.25) is 4.79 Å². The first-order valence-electron chi connectivity index (χ1n) is 8.30. The summed E-state index contributed by atoms with van der Waals surface area (Å²) < 4.78 is 5.31. The van der Waals surface area contributed by atoms with Gasteiger partial charge in [0.1, 0.15) is 5.75 Å². The van der Waals surface area contributed by atoms with Gasteiger partial charge in [0.05, 0.1) is 12.6 Å². The number of hydrogen-bond donors (Lipinski definition) is 3. The molecule has 0 bridgehead atoms. The largest absolute Gasteiger partial charge is 0.484 e. The van der Waals surface area contributed by atoms with E-state index < -0.39 is 5.91 Å². The highest BCUT2D eigenvalue weighted by atomic mass is 127. The Hall–Kier alpha value is -1.55. The Kier molecular flexibility index (Phi) is 9.58. The summed E-state index contributed by atoms with van der Waals surface area (Å²) in [6.07, 6.45) is 1.32. The van der Waals surface area contributed by atoms with Crippen molar-refractivity contribution in [2.75, 3.05) is 26.2 Å². The number of guanidine groups is 1. The topological polar surface area (TPSA) is 100 Å². The lowest BCUT2D eigenvalue weighted by molar-refractivity contribution is -0.119. The first-order chi connectivity index (χ1) is 11.6. The Morgan fingerprint density at radius 2 is 2.16 bits per heavy atom. The lowest BCUT2D eigenvalue weighted by Crippen LogP contribution is -2.46. The van der Waals surface area contributed by atoms with Crippen LogP contribution in [-0.4, -0.2) is 54.2 Å². The summed E-state index contributed by atoms with van der Waals surface area (Å²) in [6.45, 7) is 4.80. The number of ether oxygens (including phenoxy) is 1. The second-order valence-electron chi connectivity index (χ2n) is 5.79. The predicted octanol–water partition coefficient (Wildman–Crippen LogP) is 1.09. The lowest BCUT2D eigenvalue weighted by atomic mass is 10.1. The minimum atomic E-state index is -0.500. The number of nitrogens with one attached hydrogen (secondary N) is 1. The quantitative estimate of drug-likeness (QED) is 0.334. The van der Waals surface area contributed by atoms with Crippen LogP contribution >= 0.6 is 24.0 Å². The van der Waals surface area contributed by atoms with Crippen molar-refractivity contribution in [1.29, 1.82) is 0 Å². The number of carbonyl (C=O) groups is 1. The van der Waals surface area contributed by atoms with Crippen LogP contribution in [0.3, 0.4) is 0 Å². The maximum Gasteiger partial charge on any atom is 0.255 e. The summed E-state index contributed by atoms with van der Waals surface area (Å²) in [5.41, 5.74) is 6.08. The average molecular weight is 462 g/mol. The molecule has 25 heavy (non-hydrogen) atoms. The number of amides is 1. The van der Waals surface area contributed by atoms with Crippen molar-refractivity contribution in [2.24, 2.45) is 10.7 Å². The summed E-state index contributed by atoms with van der Waals surface area (Å²) in [6, 6.07) is 7.47. The number of aliphatic hydroxyl groups is 1. The maximum absolute atomic E-state index is 10.8. The van der Waals surface area contributed by atoms with Crippen LogP contribution in [0.1, 0.15) is 25.3 Å². The van der Waals surface area contributed by atoms with Crippen molar-refractivity contribution in [1.82, 2.24) is 10.2 Å². The molecule has 8 heteroatoms. The first-order valence-corrected chi connectivity index (χ1v) is 8.30. The molecule has 0 unspecified atom stereocenters. The highest BCUT2D eigenvalue weighted by Gasteiger charge is 2.19. The van der Waals surface area contributed by atoms with Crippen LogP contribution in [0.4, 0.5) is 0 Å². The maximum atomic E-state index is 10.8. The lowest BCUT2D eigenvalue weighted by Gasteiger charge is -2.32. The summed E-state index contributed by atoms with van der Waals surface area (Å²) in [5.74, 6) is 0.959. The summed E-state index contributed by atoms with van der Waals surface area (Å²) in [4.78, 5) is 17.6. The van der Waals surface area contributed by atoms with Gasteiger partial charge in [0.25, 0.3) is 5.91 Å². The molecule has 140 valence electrons. The van der Waals surface area contributed by atoms with Gasteiger partial charge in [-0.1, -0.05) is 12.1 Å². The van der Waals surface area contributed by atoms with Crippen molar-refractivity contribution < 1.29 is 14.6 Å². The van der Waals surface area contributed by atoms with E-state index in [1.807, 2.05) is 25.1 Å². The molecule has 1 aromatic rings. The van der Waals surface area contributed by atoms with E-state index in [2.05, 4.69) is 15.2 Å². The molecule has 0 aliphatic carbocycles. The molecule has 0 radical (unpaired) electrons. The van der Waals surface area contributed by atoms with E-state index in [1.54, 1.807) is 6.07 Å². The first kappa shape index (κ1) is 21.5. The number of nitrogens with zero attached hydrogens (tertiary/aromatic N) is 2. The Bertz CT molecular complexity index is 575. The summed E-state index contributed by atoms with van der Waals surface area (Å²) in [7, 11) is 0. The standard InChI is InChI=1S/C17H26N4O3.HI/c1-2-19-17(21-8-6-14(22)7-9-21)20-11-13-4-3-5-15(10-13)24-12-16(18)23;/h3-5,10,14,22H,2,6-9,11-12H2,1H3,(H2,18,23)(H,19,20);1H. The van der Waals surface area contributed by atoms with Crippen LogP contribution in [0.25, 0.3) is 0 Å². The SMILES string of the molecule is CCNC(=NCc1cccc(OCC(N)=O)c1)N1CCC(O)CC1.I. The van der Waals surface area contributed by atoms with Crippen molar-refractivity contribution >= 4 is 35.8 Å². The zero-order valence-corrected chi connectivity index (χ0v) is 16.8. The molecule has 7 nitrogen and oxygen atoms in total. The van der Waals surface area contributed by atoms with E-state index in [0.717, 1.165) is 44.0 Å². The molecule has 1 heterocycles. The number of carbonyl (C=O) groups excluding carboxylic acids is 1. The fourth-order valence-electron chi connectivity index (χ4n) is 2.56. The van der Waals surface area contributed by atoms with E-state index in [9.17, 15) is 9.90 Å².